The van der Waals surface area contributed by atoms with Gasteiger partial charge in [-0.1, -0.05) is 0 Å². The van der Waals surface area contributed by atoms with Gasteiger partial charge in [-0.15, -0.1) is 0 Å². The van der Waals surface area contributed by atoms with Gasteiger partial charge in [0.2, 0.25) is 0 Å². The maximum absolute atomic E-state index is 12.4. The van der Waals surface area contributed by atoms with Crippen molar-refractivity contribution in [3.63, 3.8) is 0 Å². The predicted octanol–water partition coefficient (Wildman–Crippen LogP) is -0.220. The number of rotatable bonds is 1. The topological polar surface area (TPSA) is 53.4 Å². The highest BCUT2D eigenvalue weighted by molar-refractivity contribution is 6.58. The van der Waals surface area contributed by atoms with E-state index in [2.05, 4.69) is 4.98 Å². The first-order valence-electron chi connectivity index (χ1n) is 4.57. The minimum Gasteiger partial charge on any atom is -0.423 e. The number of nitrogens with zero attached hydrogens (tertiary/aromatic N) is 1. The lowest BCUT2D eigenvalue weighted by atomic mass is 9.81. The maximum atomic E-state index is 12.4. The molecule has 0 spiro atoms. The van der Waals surface area contributed by atoms with Gasteiger partial charge >= 0.3 is 13.3 Å². The molecular weight excluding hydrogens is 186 g/mol. The largest absolute Gasteiger partial charge is 0.490 e. The van der Waals surface area contributed by atoms with E-state index in [4.69, 9.17) is 14.2 Å². The van der Waals surface area contributed by atoms with E-state index in [0.717, 1.165) is 0 Å². The maximum Gasteiger partial charge on any atom is 0.490 e. The number of aromatic nitrogens is 1. The Morgan fingerprint density at radius 1 is 1.38 bits per heavy atom. The van der Waals surface area contributed by atoms with Gasteiger partial charge in [0.1, 0.15) is 0 Å². The Morgan fingerprint density at radius 2 is 2.00 bits per heavy atom. The molecule has 0 aliphatic rings. The van der Waals surface area contributed by atoms with Crippen LogP contribution in [0.4, 0.5) is 13.2 Å². The summed E-state index contributed by atoms with van der Waals surface area (Å²) in [4.78, 5) is 2.90. The van der Waals surface area contributed by atoms with Crippen LogP contribution in [0.1, 0.15) is 9.68 Å². The van der Waals surface area contributed by atoms with Crippen LogP contribution >= 0.6 is 0 Å². The first-order chi connectivity index (χ1) is 7.16. The third kappa shape index (κ3) is 2.43. The van der Waals surface area contributed by atoms with Crippen LogP contribution in [0.3, 0.4) is 0 Å². The average Bonchev–Trinajstić information content (AvgIpc) is 1.97. The summed E-state index contributed by atoms with van der Waals surface area (Å²) in [5, 5.41) is 17.4. The van der Waals surface area contributed by atoms with E-state index in [1.165, 1.54) is 0 Å². The Balaban J connectivity index is 3.58. The van der Waals surface area contributed by atoms with E-state index in [0.29, 0.717) is 0 Å². The molecule has 0 bridgehead atoms. The molecule has 70 valence electrons. The molecule has 1 aromatic heterocycles. The van der Waals surface area contributed by atoms with Crippen molar-refractivity contribution in [2.75, 3.05) is 0 Å². The van der Waals surface area contributed by atoms with Crippen LogP contribution in [0.5, 0.6) is 0 Å². The molecule has 7 heteroatoms. The number of hydrogen-bond acceptors (Lipinski definition) is 3. The van der Waals surface area contributed by atoms with Crippen LogP contribution in [-0.2, 0) is 6.18 Å². The van der Waals surface area contributed by atoms with Crippen molar-refractivity contribution in [1.29, 1.82) is 0 Å². The molecule has 0 saturated carbocycles. The summed E-state index contributed by atoms with van der Waals surface area (Å²) in [6.07, 6.45) is -7.22. The standard InChI is InChI=1S/C6H5BF3NO2/c8-6(9,10)4-1-5(7(12)13)3-11-2-4/h1-3,12-13H/i1D,2D,3D. The first kappa shape index (κ1) is 6.39. The van der Waals surface area contributed by atoms with Crippen LogP contribution in [-0.4, -0.2) is 22.2 Å². The lowest BCUT2D eigenvalue weighted by Crippen LogP contribution is -2.31. The van der Waals surface area contributed by atoms with Gasteiger partial charge in [0.05, 0.1) is 9.68 Å². The molecule has 13 heavy (non-hydrogen) atoms. The molecule has 1 rings (SSSR count). The van der Waals surface area contributed by atoms with Gasteiger partial charge in [-0.25, -0.2) is 0 Å². The lowest BCUT2D eigenvalue weighted by Gasteiger charge is -2.06. The Hall–Kier alpha value is -1.08. The zero-order chi connectivity index (χ0) is 12.7. The van der Waals surface area contributed by atoms with Crippen molar-refractivity contribution < 1.29 is 27.3 Å². The highest BCUT2D eigenvalue weighted by atomic mass is 19.4. The van der Waals surface area contributed by atoms with Gasteiger partial charge in [-0.3, -0.25) is 4.98 Å². The summed E-state index contributed by atoms with van der Waals surface area (Å²) in [6.45, 7) is 0. The van der Waals surface area contributed by atoms with E-state index in [1.807, 2.05) is 0 Å². The van der Waals surface area contributed by atoms with Crippen molar-refractivity contribution >= 4 is 12.6 Å². The molecule has 0 aliphatic heterocycles. The second kappa shape index (κ2) is 3.35. The smallest absolute Gasteiger partial charge is 0.423 e. The van der Waals surface area contributed by atoms with Crippen LogP contribution in [0.2, 0.25) is 0 Å². The fourth-order valence-corrected chi connectivity index (χ4v) is 0.591. The minimum absolute atomic E-state index is 0.932. The Bertz CT molecular complexity index is 426. The molecule has 0 fully saturated rings. The predicted molar refractivity (Wildman–Crippen MR) is 39.1 cm³/mol. The van der Waals surface area contributed by atoms with Gasteiger partial charge in [-0.05, 0) is 6.04 Å². The Morgan fingerprint density at radius 3 is 2.46 bits per heavy atom. The lowest BCUT2D eigenvalue weighted by molar-refractivity contribution is -0.137. The Kier molecular flexibility index (Phi) is 1.65. The monoisotopic (exact) mass is 194 g/mol. The third-order valence-corrected chi connectivity index (χ3v) is 1.15. The van der Waals surface area contributed by atoms with Crippen molar-refractivity contribution in [3.05, 3.63) is 24.0 Å². The van der Waals surface area contributed by atoms with E-state index >= 15 is 0 Å². The summed E-state index contributed by atoms with van der Waals surface area (Å²) in [7, 11) is -2.41. The number of hydrogen-bond donors (Lipinski definition) is 2. The second-order valence-electron chi connectivity index (χ2n) is 2.12. The quantitative estimate of drug-likeness (QED) is 0.607. The van der Waals surface area contributed by atoms with Crippen molar-refractivity contribution in [3.8, 4) is 0 Å². The fraction of sp³-hybridized carbons (Fsp3) is 0.167. The zero-order valence-corrected chi connectivity index (χ0v) is 6.05. The number of halogens is 3. The fourth-order valence-electron chi connectivity index (χ4n) is 0.591. The highest BCUT2D eigenvalue weighted by Crippen LogP contribution is 2.27. The van der Waals surface area contributed by atoms with E-state index in [1.54, 1.807) is 0 Å². The normalized spacial score (nSPS) is 14.7. The van der Waals surface area contributed by atoms with E-state index < -0.39 is 42.7 Å². The highest BCUT2D eigenvalue weighted by Gasteiger charge is 2.31. The second-order valence-corrected chi connectivity index (χ2v) is 2.12. The van der Waals surface area contributed by atoms with Crippen LogP contribution in [0, 0.1) is 0 Å². The molecule has 0 amide bonds. The molecule has 1 heterocycles. The molecular formula is C6H5BF3NO2. The molecule has 0 atom stereocenters. The van der Waals surface area contributed by atoms with E-state index in [9.17, 15) is 13.2 Å². The number of alkyl halides is 3. The van der Waals surface area contributed by atoms with Gasteiger partial charge in [0, 0.05) is 17.8 Å². The summed E-state index contributed by atoms with van der Waals surface area (Å²) in [5.41, 5.74) is -2.66. The third-order valence-electron chi connectivity index (χ3n) is 1.15. The molecule has 0 saturated heterocycles. The molecule has 2 N–H and O–H groups in total. The van der Waals surface area contributed by atoms with Crippen LogP contribution < -0.4 is 5.46 Å². The van der Waals surface area contributed by atoms with Crippen LogP contribution in [0.15, 0.2) is 18.4 Å². The first-order valence-corrected chi connectivity index (χ1v) is 3.07. The van der Waals surface area contributed by atoms with Crippen molar-refractivity contribution in [2.45, 2.75) is 6.18 Å². The Labute approximate surface area is 76.2 Å². The summed E-state index contributed by atoms with van der Waals surface area (Å²) >= 11 is 0. The van der Waals surface area contributed by atoms with Crippen molar-refractivity contribution in [2.24, 2.45) is 0 Å². The van der Waals surface area contributed by atoms with Gasteiger partial charge < -0.3 is 10.0 Å². The SMILES string of the molecule is [2H]c1nc([2H])c(C(F)(F)F)c([2H])c1B(O)O. The zero-order valence-electron chi connectivity index (χ0n) is 9.05. The minimum atomic E-state index is -5.00. The molecule has 0 unspecified atom stereocenters. The summed E-state index contributed by atoms with van der Waals surface area (Å²) in [6, 6.07) is -1.31. The summed E-state index contributed by atoms with van der Waals surface area (Å²) in [5.74, 6) is 0. The summed E-state index contributed by atoms with van der Waals surface area (Å²) < 4.78 is 58.2. The molecule has 3 nitrogen and oxygen atoms in total. The van der Waals surface area contributed by atoms with Gasteiger partial charge in [0.15, 0.2) is 0 Å². The van der Waals surface area contributed by atoms with Gasteiger partial charge in [-0.2, -0.15) is 13.2 Å². The van der Waals surface area contributed by atoms with Crippen molar-refractivity contribution in [1.82, 2.24) is 4.98 Å². The van der Waals surface area contributed by atoms with Gasteiger partial charge in [0.25, 0.3) is 0 Å². The molecule has 0 aromatic carbocycles. The van der Waals surface area contributed by atoms with E-state index in [-0.39, 0.29) is 0 Å². The molecule has 0 radical (unpaired) electrons. The molecule has 1 aromatic rings. The van der Waals surface area contributed by atoms with Crippen LogP contribution in [0.25, 0.3) is 0 Å². The number of pyridine rings is 1. The average molecular weight is 194 g/mol. The molecule has 0 aliphatic carbocycles.